The number of aliphatic carboxylic acids is 1. The summed E-state index contributed by atoms with van der Waals surface area (Å²) in [4.78, 5) is 33.4. The van der Waals surface area contributed by atoms with E-state index in [1.807, 2.05) is 61.5 Å². The number of carbonyl (C=O) groups excluding carboxylic acids is 2. The molecule has 2 aromatic carbocycles. The van der Waals surface area contributed by atoms with E-state index in [1.165, 1.54) is 0 Å². The smallest absolute Gasteiger partial charge is 0.341 e. The molecule has 1 N–H and O–H groups in total. The molecule has 0 saturated heterocycles. The molecule has 0 aliphatic heterocycles. The molecule has 0 radical (unpaired) electrons. The molecule has 148 valence electrons. The molecular weight excluding hydrogens is 362 g/mol. The standard InChI is InChI=1S/C20H23N3O5/c1-2-27-22-12-16-8-10-17(11-9-16)14-23(20(26)21-13-19(24)25)28-15-18-6-4-3-5-7-18/h3-12H,2,13-15H2,1H3,(H,21,26)(H,24,25)/p-1/b22-12+. The van der Waals surface area contributed by atoms with Crippen LogP contribution in [-0.2, 0) is 27.6 Å². The van der Waals surface area contributed by atoms with E-state index in [1.54, 1.807) is 6.21 Å². The normalized spacial score (nSPS) is 10.6. The van der Waals surface area contributed by atoms with E-state index in [2.05, 4.69) is 10.5 Å². The quantitative estimate of drug-likeness (QED) is 0.493. The number of hydroxylamine groups is 2. The predicted molar refractivity (Wildman–Crippen MR) is 101 cm³/mol. The summed E-state index contributed by atoms with van der Waals surface area (Å²) in [5.41, 5.74) is 2.52. The van der Waals surface area contributed by atoms with Gasteiger partial charge in [-0.3, -0.25) is 4.84 Å². The first-order chi connectivity index (χ1) is 13.6. The first-order valence-electron chi connectivity index (χ1n) is 8.74. The zero-order valence-corrected chi connectivity index (χ0v) is 15.5. The van der Waals surface area contributed by atoms with Gasteiger partial charge in [-0.2, -0.15) is 5.06 Å². The first kappa shape index (κ1) is 20.9. The largest absolute Gasteiger partial charge is 0.548 e. The van der Waals surface area contributed by atoms with Gasteiger partial charge in [0.1, 0.15) is 13.2 Å². The third kappa shape index (κ3) is 7.46. The lowest BCUT2D eigenvalue weighted by Crippen LogP contribution is -2.44. The van der Waals surface area contributed by atoms with Crippen molar-refractivity contribution in [3.05, 3.63) is 71.3 Å². The van der Waals surface area contributed by atoms with Crippen molar-refractivity contribution in [2.24, 2.45) is 5.16 Å². The van der Waals surface area contributed by atoms with Crippen molar-refractivity contribution < 1.29 is 24.4 Å². The summed E-state index contributed by atoms with van der Waals surface area (Å²) in [7, 11) is 0. The lowest BCUT2D eigenvalue weighted by Gasteiger charge is -2.22. The van der Waals surface area contributed by atoms with Crippen LogP contribution in [0, 0.1) is 0 Å². The average Bonchev–Trinajstić information content (AvgIpc) is 2.71. The van der Waals surface area contributed by atoms with Crippen molar-refractivity contribution in [3.63, 3.8) is 0 Å². The van der Waals surface area contributed by atoms with Gasteiger partial charge in [-0.25, -0.2) is 4.79 Å². The molecule has 0 aliphatic rings. The molecule has 0 atom stereocenters. The van der Waals surface area contributed by atoms with Crippen molar-refractivity contribution in [2.45, 2.75) is 20.1 Å². The second-order valence-electron chi connectivity index (χ2n) is 5.72. The molecule has 8 nitrogen and oxygen atoms in total. The van der Waals surface area contributed by atoms with E-state index in [0.717, 1.165) is 21.8 Å². The lowest BCUT2D eigenvalue weighted by molar-refractivity contribution is -0.303. The highest BCUT2D eigenvalue weighted by Crippen LogP contribution is 2.10. The Morgan fingerprint density at radius 2 is 1.82 bits per heavy atom. The van der Waals surface area contributed by atoms with Gasteiger partial charge in [0.25, 0.3) is 0 Å². The predicted octanol–water partition coefficient (Wildman–Crippen LogP) is 1.45. The summed E-state index contributed by atoms with van der Waals surface area (Å²) < 4.78 is 0. The molecule has 2 rings (SSSR count). The molecular formula is C20H22N3O5-. The fraction of sp³-hybridized carbons (Fsp3) is 0.250. The van der Waals surface area contributed by atoms with Crippen LogP contribution in [0.15, 0.2) is 59.8 Å². The molecule has 2 amide bonds. The summed E-state index contributed by atoms with van der Waals surface area (Å²) in [5.74, 6) is -1.38. The first-order valence-corrected chi connectivity index (χ1v) is 8.74. The van der Waals surface area contributed by atoms with Gasteiger partial charge >= 0.3 is 6.03 Å². The molecule has 2 aromatic rings. The number of oxime groups is 1. The van der Waals surface area contributed by atoms with Gasteiger partial charge < -0.3 is 20.1 Å². The van der Waals surface area contributed by atoms with E-state index in [9.17, 15) is 14.7 Å². The highest BCUT2D eigenvalue weighted by atomic mass is 16.7. The summed E-state index contributed by atoms with van der Waals surface area (Å²) in [6, 6.07) is 16.0. The Balaban J connectivity index is 2.02. The third-order valence-electron chi connectivity index (χ3n) is 3.55. The number of urea groups is 1. The minimum absolute atomic E-state index is 0.134. The zero-order chi connectivity index (χ0) is 20.2. The number of benzene rings is 2. The topological polar surface area (TPSA) is 103 Å². The van der Waals surface area contributed by atoms with Gasteiger partial charge in [-0.05, 0) is 23.6 Å². The van der Waals surface area contributed by atoms with Crippen LogP contribution < -0.4 is 10.4 Å². The Morgan fingerprint density at radius 1 is 1.11 bits per heavy atom. The van der Waals surface area contributed by atoms with Gasteiger partial charge in [0.2, 0.25) is 0 Å². The van der Waals surface area contributed by atoms with E-state index in [-0.39, 0.29) is 13.2 Å². The highest BCUT2D eigenvalue weighted by Gasteiger charge is 2.15. The maximum atomic E-state index is 12.3. The number of hydrogen-bond donors (Lipinski definition) is 1. The molecule has 0 bridgehead atoms. The van der Waals surface area contributed by atoms with Gasteiger partial charge in [0.05, 0.1) is 25.3 Å². The van der Waals surface area contributed by atoms with Crippen LogP contribution in [0.1, 0.15) is 23.6 Å². The van der Waals surface area contributed by atoms with Gasteiger partial charge in [0, 0.05) is 0 Å². The van der Waals surface area contributed by atoms with Gasteiger partial charge in [-0.15, -0.1) is 0 Å². The van der Waals surface area contributed by atoms with Crippen LogP contribution in [0.3, 0.4) is 0 Å². The number of nitrogens with zero attached hydrogens (tertiary/aromatic N) is 2. The number of carboxylic acid groups (broad SMARTS) is 1. The second-order valence-corrected chi connectivity index (χ2v) is 5.72. The van der Waals surface area contributed by atoms with Crippen molar-refractivity contribution >= 4 is 18.2 Å². The van der Waals surface area contributed by atoms with Crippen molar-refractivity contribution in [3.8, 4) is 0 Å². The molecule has 0 aliphatic carbocycles. The minimum Gasteiger partial charge on any atom is -0.548 e. The molecule has 0 spiro atoms. The summed E-state index contributed by atoms with van der Waals surface area (Å²) in [6.45, 7) is 2.03. The number of amides is 2. The van der Waals surface area contributed by atoms with Crippen molar-refractivity contribution in [1.29, 1.82) is 0 Å². The van der Waals surface area contributed by atoms with E-state index < -0.39 is 18.5 Å². The molecule has 0 unspecified atom stereocenters. The van der Waals surface area contributed by atoms with Crippen LogP contribution >= 0.6 is 0 Å². The second kappa shape index (κ2) is 11.3. The maximum Gasteiger partial charge on any atom is 0.341 e. The number of carboxylic acids is 1. The molecule has 0 saturated carbocycles. The number of carbonyl (C=O) groups is 2. The summed E-state index contributed by atoms with van der Waals surface area (Å²) in [5, 5.41) is 17.7. The minimum atomic E-state index is -1.38. The van der Waals surface area contributed by atoms with Crippen molar-refractivity contribution in [1.82, 2.24) is 10.4 Å². The number of rotatable bonds is 10. The SMILES string of the molecule is CCO/N=C/c1ccc(CN(OCc2ccccc2)C(=O)NCC(=O)[O-])cc1. The lowest BCUT2D eigenvalue weighted by atomic mass is 10.1. The maximum absolute atomic E-state index is 12.3. The van der Waals surface area contributed by atoms with Crippen molar-refractivity contribution in [2.75, 3.05) is 13.2 Å². The van der Waals surface area contributed by atoms with E-state index in [4.69, 9.17) is 9.68 Å². The van der Waals surface area contributed by atoms with Crippen LogP contribution in [0.5, 0.6) is 0 Å². The van der Waals surface area contributed by atoms with Crippen LogP contribution in [0.4, 0.5) is 4.79 Å². The van der Waals surface area contributed by atoms with Crippen LogP contribution in [-0.4, -0.2) is 36.4 Å². The Kier molecular flexibility index (Phi) is 8.48. The van der Waals surface area contributed by atoms with E-state index in [0.29, 0.717) is 6.61 Å². The fourth-order valence-corrected chi connectivity index (χ4v) is 2.19. The average molecular weight is 384 g/mol. The molecule has 8 heteroatoms. The molecule has 0 heterocycles. The molecule has 0 aromatic heterocycles. The monoisotopic (exact) mass is 384 g/mol. The van der Waals surface area contributed by atoms with Crippen LogP contribution in [0.2, 0.25) is 0 Å². The van der Waals surface area contributed by atoms with Gasteiger partial charge in [0.15, 0.2) is 0 Å². The number of nitrogens with one attached hydrogen (secondary N) is 1. The Labute approximate surface area is 163 Å². The third-order valence-corrected chi connectivity index (χ3v) is 3.55. The van der Waals surface area contributed by atoms with Crippen LogP contribution in [0.25, 0.3) is 0 Å². The highest BCUT2D eigenvalue weighted by molar-refractivity contribution is 5.79. The van der Waals surface area contributed by atoms with Gasteiger partial charge in [-0.1, -0.05) is 59.8 Å². The van der Waals surface area contributed by atoms with E-state index >= 15 is 0 Å². The summed E-state index contributed by atoms with van der Waals surface area (Å²) in [6.07, 6.45) is 1.59. The number of hydrogen-bond acceptors (Lipinski definition) is 6. The Bertz CT molecular complexity index is 778. The fourth-order valence-electron chi connectivity index (χ4n) is 2.19. The molecule has 28 heavy (non-hydrogen) atoms. The molecule has 0 fully saturated rings. The Hall–Kier alpha value is -3.39. The Morgan fingerprint density at radius 3 is 2.46 bits per heavy atom. The zero-order valence-electron chi connectivity index (χ0n) is 15.5. The summed E-state index contributed by atoms with van der Waals surface area (Å²) >= 11 is 0.